The number of carbonyl (C=O) groups is 2. The van der Waals surface area contributed by atoms with E-state index in [9.17, 15) is 9.59 Å². The van der Waals surface area contributed by atoms with Crippen LogP contribution in [0.4, 0.5) is 0 Å². The lowest BCUT2D eigenvalue weighted by atomic mass is 10.3. The second-order valence-corrected chi connectivity index (χ2v) is 1.89. The van der Waals surface area contributed by atoms with E-state index >= 15 is 0 Å². The predicted octanol–water partition coefficient (Wildman–Crippen LogP) is -2.36. The number of nitrogens with two attached hydrogens (primary N) is 2. The van der Waals surface area contributed by atoms with E-state index in [1.807, 2.05) is 0 Å². The van der Waals surface area contributed by atoms with Crippen LogP contribution in [0.5, 0.6) is 0 Å². The van der Waals surface area contributed by atoms with Crippen LogP contribution in [-0.2, 0) is 9.59 Å². The van der Waals surface area contributed by atoms with Gasteiger partial charge in [0.05, 0.1) is 0 Å². The highest BCUT2D eigenvalue weighted by atomic mass is 16.2. The highest BCUT2D eigenvalue weighted by Crippen LogP contribution is 2.04. The average molecular weight is 170 g/mol. The number of nitrogens with one attached hydrogen (secondary N) is 2. The summed E-state index contributed by atoms with van der Waals surface area (Å²) in [4.78, 5) is 21.2. The fourth-order valence-electron chi connectivity index (χ4n) is 0.616. The molecule has 1 rings (SSSR count). The molecule has 6 N–H and O–H groups in total. The van der Waals surface area contributed by atoms with E-state index in [1.165, 1.54) is 0 Å². The fraction of sp³-hybridized carbons (Fsp3) is 0. The van der Waals surface area contributed by atoms with Gasteiger partial charge in [0.2, 0.25) is 0 Å². The Morgan fingerprint density at radius 2 is 1.92 bits per heavy atom. The molecular formula is C4H6N6O2. The van der Waals surface area contributed by atoms with Crippen LogP contribution in [-0.4, -0.2) is 11.8 Å². The Balaban J connectivity index is 3.08. The molecule has 0 fully saturated rings. The minimum atomic E-state index is -0.874. The number of hydrogen-bond donors (Lipinski definition) is 4. The van der Waals surface area contributed by atoms with Gasteiger partial charge in [0, 0.05) is 0 Å². The second-order valence-electron chi connectivity index (χ2n) is 1.89. The smallest absolute Gasteiger partial charge is 0.271 e. The zero-order valence-electron chi connectivity index (χ0n) is 5.87. The quantitative estimate of drug-likeness (QED) is 0.368. The van der Waals surface area contributed by atoms with Gasteiger partial charge in [0.1, 0.15) is 0 Å². The molecule has 0 saturated heterocycles. The van der Waals surface area contributed by atoms with E-state index in [4.69, 9.17) is 11.5 Å². The van der Waals surface area contributed by atoms with Crippen LogP contribution in [0.2, 0.25) is 0 Å². The Bertz CT molecular complexity index is 292. The van der Waals surface area contributed by atoms with Crippen molar-refractivity contribution in [2.24, 2.45) is 21.8 Å². The molecule has 0 aromatic heterocycles. The number of primary amides is 2. The van der Waals surface area contributed by atoms with Crippen LogP contribution in [0.25, 0.3) is 0 Å². The SMILES string of the molecule is NC(=O)C1=C(C(N)=O)NNN=N1. The number of amides is 2. The van der Waals surface area contributed by atoms with Crippen molar-refractivity contribution in [2.75, 3.05) is 0 Å². The summed E-state index contributed by atoms with van der Waals surface area (Å²) in [6.45, 7) is 0. The third-order valence-corrected chi connectivity index (χ3v) is 1.10. The van der Waals surface area contributed by atoms with Gasteiger partial charge in [-0.3, -0.25) is 15.0 Å². The monoisotopic (exact) mass is 170 g/mol. The Morgan fingerprint density at radius 1 is 1.25 bits per heavy atom. The van der Waals surface area contributed by atoms with Crippen LogP contribution < -0.4 is 22.4 Å². The summed E-state index contributed by atoms with van der Waals surface area (Å²) in [5.41, 5.74) is 13.7. The van der Waals surface area contributed by atoms with Gasteiger partial charge < -0.3 is 11.5 Å². The third-order valence-electron chi connectivity index (χ3n) is 1.10. The van der Waals surface area contributed by atoms with Gasteiger partial charge in [-0.05, 0) is 0 Å². The minimum Gasteiger partial charge on any atom is -0.364 e. The first kappa shape index (κ1) is 7.98. The number of nitrogens with zero attached hydrogens (tertiary/aromatic N) is 2. The Hall–Kier alpha value is -2.12. The molecule has 12 heavy (non-hydrogen) atoms. The first-order valence-corrected chi connectivity index (χ1v) is 2.88. The molecule has 0 atom stereocenters. The van der Waals surface area contributed by atoms with E-state index in [0.29, 0.717) is 0 Å². The summed E-state index contributed by atoms with van der Waals surface area (Å²) < 4.78 is 0. The van der Waals surface area contributed by atoms with Crippen molar-refractivity contribution in [1.29, 1.82) is 0 Å². The van der Waals surface area contributed by atoms with Gasteiger partial charge in [-0.25, -0.2) is 5.53 Å². The second kappa shape index (κ2) is 2.86. The predicted molar refractivity (Wildman–Crippen MR) is 36.5 cm³/mol. The van der Waals surface area contributed by atoms with Crippen molar-refractivity contribution in [3.05, 3.63) is 11.4 Å². The van der Waals surface area contributed by atoms with E-state index in [0.717, 1.165) is 0 Å². The summed E-state index contributed by atoms with van der Waals surface area (Å²) in [5.74, 6) is -1.71. The molecule has 8 nitrogen and oxygen atoms in total. The molecule has 64 valence electrons. The number of carbonyl (C=O) groups excluding carboxylic acids is 2. The van der Waals surface area contributed by atoms with Gasteiger partial charge in [-0.2, -0.15) is 0 Å². The van der Waals surface area contributed by atoms with Crippen molar-refractivity contribution in [2.45, 2.75) is 0 Å². The first-order chi connectivity index (χ1) is 5.63. The lowest BCUT2D eigenvalue weighted by molar-refractivity contribution is -0.117. The topological polar surface area (TPSA) is 135 Å². The Kier molecular flexibility index (Phi) is 1.90. The summed E-state index contributed by atoms with van der Waals surface area (Å²) >= 11 is 0. The molecule has 0 bridgehead atoms. The van der Waals surface area contributed by atoms with Crippen LogP contribution in [0, 0.1) is 0 Å². The van der Waals surface area contributed by atoms with Crippen molar-refractivity contribution < 1.29 is 9.59 Å². The Labute approximate surface area is 66.6 Å². The maximum absolute atomic E-state index is 10.6. The summed E-state index contributed by atoms with van der Waals surface area (Å²) in [7, 11) is 0. The number of rotatable bonds is 2. The molecule has 1 aliphatic rings. The van der Waals surface area contributed by atoms with Crippen molar-refractivity contribution >= 4 is 11.8 Å². The zero-order chi connectivity index (χ0) is 9.14. The van der Waals surface area contributed by atoms with Gasteiger partial charge >= 0.3 is 0 Å². The normalized spacial score (nSPS) is 15.0. The maximum atomic E-state index is 10.6. The van der Waals surface area contributed by atoms with Gasteiger partial charge in [0.15, 0.2) is 11.4 Å². The van der Waals surface area contributed by atoms with E-state index < -0.39 is 11.8 Å². The average Bonchev–Trinajstić information content (AvgIpc) is 2.04. The highest BCUT2D eigenvalue weighted by molar-refractivity contribution is 6.02. The number of hydrazine groups is 1. The summed E-state index contributed by atoms with van der Waals surface area (Å²) in [5, 5.41) is 6.50. The van der Waals surface area contributed by atoms with Crippen LogP contribution in [0.3, 0.4) is 0 Å². The van der Waals surface area contributed by atoms with Gasteiger partial charge in [-0.1, -0.05) is 5.22 Å². The van der Waals surface area contributed by atoms with Crippen LogP contribution in [0.15, 0.2) is 21.7 Å². The Morgan fingerprint density at radius 3 is 2.33 bits per heavy atom. The lowest BCUT2D eigenvalue weighted by Gasteiger charge is -2.11. The standard InChI is InChI=1S/C4H6N6O2/c5-3(11)1-2(4(6)12)8-10-9-7-1/h(H2,5,11)(H2,6,12)(H,7,10)(H,8,9). The molecule has 0 aromatic rings. The molecule has 0 aromatic carbocycles. The molecular weight excluding hydrogens is 164 g/mol. The van der Waals surface area contributed by atoms with Crippen LogP contribution in [0.1, 0.15) is 0 Å². The van der Waals surface area contributed by atoms with Gasteiger partial charge in [-0.15, -0.1) is 5.11 Å². The highest BCUT2D eigenvalue weighted by Gasteiger charge is 2.19. The van der Waals surface area contributed by atoms with Crippen molar-refractivity contribution in [3.8, 4) is 0 Å². The molecule has 8 heteroatoms. The fourth-order valence-corrected chi connectivity index (χ4v) is 0.616. The largest absolute Gasteiger partial charge is 0.364 e. The molecule has 0 saturated carbocycles. The van der Waals surface area contributed by atoms with E-state index in [-0.39, 0.29) is 11.4 Å². The van der Waals surface area contributed by atoms with Crippen molar-refractivity contribution in [1.82, 2.24) is 11.0 Å². The van der Waals surface area contributed by atoms with Gasteiger partial charge in [0.25, 0.3) is 11.8 Å². The minimum absolute atomic E-state index is 0.197. The number of hydrogen-bond acceptors (Lipinski definition) is 6. The van der Waals surface area contributed by atoms with E-state index in [1.54, 1.807) is 0 Å². The van der Waals surface area contributed by atoms with E-state index in [2.05, 4.69) is 21.3 Å². The molecule has 0 unspecified atom stereocenters. The molecule has 1 heterocycles. The lowest BCUT2D eigenvalue weighted by Crippen LogP contribution is -2.38. The molecule has 0 aliphatic carbocycles. The van der Waals surface area contributed by atoms with Crippen molar-refractivity contribution in [3.63, 3.8) is 0 Å². The van der Waals surface area contributed by atoms with Crippen LogP contribution >= 0.6 is 0 Å². The maximum Gasteiger partial charge on any atom is 0.271 e. The molecule has 2 amide bonds. The summed E-state index contributed by atoms with van der Waals surface area (Å²) in [6, 6.07) is 0. The first-order valence-electron chi connectivity index (χ1n) is 2.88. The third kappa shape index (κ3) is 1.31. The summed E-state index contributed by atoms with van der Waals surface area (Å²) in [6.07, 6.45) is 0. The molecule has 0 spiro atoms. The molecule has 1 aliphatic heterocycles. The molecule has 0 radical (unpaired) electrons. The zero-order valence-corrected chi connectivity index (χ0v) is 5.87.